The van der Waals surface area contributed by atoms with E-state index in [-0.39, 0.29) is 12.1 Å². The maximum atomic E-state index is 8.99. The molecule has 72 valence electrons. The van der Waals surface area contributed by atoms with E-state index >= 15 is 0 Å². The van der Waals surface area contributed by atoms with Crippen molar-refractivity contribution < 1.29 is 5.11 Å². The third-order valence-electron chi connectivity index (χ3n) is 2.43. The third kappa shape index (κ3) is 3.09. The lowest BCUT2D eigenvalue weighted by molar-refractivity contribution is 0.184. The molecule has 3 nitrogen and oxygen atoms in total. The van der Waals surface area contributed by atoms with Gasteiger partial charge in [-0.25, -0.2) is 0 Å². The highest BCUT2D eigenvalue weighted by molar-refractivity contribution is 4.80. The van der Waals surface area contributed by atoms with Gasteiger partial charge in [-0.1, -0.05) is 0 Å². The molecule has 0 aliphatic carbocycles. The van der Waals surface area contributed by atoms with Crippen LogP contribution in [0.15, 0.2) is 0 Å². The van der Waals surface area contributed by atoms with E-state index in [9.17, 15) is 0 Å². The highest BCUT2D eigenvalue weighted by atomic mass is 16.3. The van der Waals surface area contributed by atoms with Gasteiger partial charge in [0.2, 0.25) is 0 Å². The molecular weight excluding hydrogens is 152 g/mol. The standard InChI is InChI=1S/C9H20N2O/c1-9(2,7-12)11-6-8-3-4-10-5-8/h8,10-12H,3-7H2,1-2H3/t8-/m0/s1. The summed E-state index contributed by atoms with van der Waals surface area (Å²) in [6, 6.07) is 0. The van der Waals surface area contributed by atoms with E-state index in [1.165, 1.54) is 6.42 Å². The van der Waals surface area contributed by atoms with Gasteiger partial charge in [0.1, 0.15) is 0 Å². The first kappa shape index (κ1) is 9.96. The molecule has 0 aromatic rings. The molecule has 0 bridgehead atoms. The molecule has 1 fully saturated rings. The monoisotopic (exact) mass is 172 g/mol. The zero-order valence-electron chi connectivity index (χ0n) is 8.06. The van der Waals surface area contributed by atoms with Gasteiger partial charge in [-0.3, -0.25) is 0 Å². The van der Waals surface area contributed by atoms with E-state index in [0.717, 1.165) is 25.6 Å². The van der Waals surface area contributed by atoms with Gasteiger partial charge in [0.05, 0.1) is 6.61 Å². The fourth-order valence-corrected chi connectivity index (χ4v) is 1.37. The molecule has 0 saturated carbocycles. The minimum Gasteiger partial charge on any atom is -0.394 e. The normalized spacial score (nSPS) is 24.8. The zero-order chi connectivity index (χ0) is 9.03. The van der Waals surface area contributed by atoms with Crippen molar-refractivity contribution in [1.29, 1.82) is 0 Å². The van der Waals surface area contributed by atoms with Crippen LogP contribution in [0.5, 0.6) is 0 Å². The Morgan fingerprint density at radius 1 is 1.58 bits per heavy atom. The molecule has 0 amide bonds. The molecule has 1 aliphatic heterocycles. The Morgan fingerprint density at radius 2 is 2.33 bits per heavy atom. The van der Waals surface area contributed by atoms with Crippen LogP contribution in [0.2, 0.25) is 0 Å². The number of hydrogen-bond donors (Lipinski definition) is 3. The lowest BCUT2D eigenvalue weighted by atomic mass is 10.0. The summed E-state index contributed by atoms with van der Waals surface area (Å²) in [6.07, 6.45) is 1.26. The van der Waals surface area contributed by atoms with Crippen molar-refractivity contribution in [2.75, 3.05) is 26.2 Å². The van der Waals surface area contributed by atoms with Gasteiger partial charge < -0.3 is 15.7 Å². The molecule has 0 aromatic heterocycles. The van der Waals surface area contributed by atoms with Gasteiger partial charge in [-0.05, 0) is 45.8 Å². The van der Waals surface area contributed by atoms with E-state index in [0.29, 0.717) is 0 Å². The van der Waals surface area contributed by atoms with Gasteiger partial charge in [0, 0.05) is 5.54 Å². The van der Waals surface area contributed by atoms with Gasteiger partial charge >= 0.3 is 0 Å². The Hall–Kier alpha value is -0.120. The lowest BCUT2D eigenvalue weighted by Crippen LogP contribution is -2.45. The molecule has 1 heterocycles. The Labute approximate surface area is 74.5 Å². The molecule has 0 spiro atoms. The van der Waals surface area contributed by atoms with Crippen molar-refractivity contribution in [3.8, 4) is 0 Å². The van der Waals surface area contributed by atoms with Crippen LogP contribution in [0.1, 0.15) is 20.3 Å². The van der Waals surface area contributed by atoms with Gasteiger partial charge in [0.15, 0.2) is 0 Å². The molecule has 0 radical (unpaired) electrons. The first-order valence-corrected chi connectivity index (χ1v) is 4.71. The summed E-state index contributed by atoms with van der Waals surface area (Å²) in [7, 11) is 0. The molecule has 3 N–H and O–H groups in total. The Balaban J connectivity index is 2.15. The maximum absolute atomic E-state index is 8.99. The molecule has 0 aromatic carbocycles. The molecule has 1 saturated heterocycles. The molecular formula is C9H20N2O. The van der Waals surface area contributed by atoms with Crippen LogP contribution in [0.25, 0.3) is 0 Å². The van der Waals surface area contributed by atoms with Crippen LogP contribution in [-0.2, 0) is 0 Å². The summed E-state index contributed by atoms with van der Waals surface area (Å²) in [5, 5.41) is 15.7. The summed E-state index contributed by atoms with van der Waals surface area (Å²) in [5.41, 5.74) is -0.122. The number of hydrogen-bond acceptors (Lipinski definition) is 3. The van der Waals surface area contributed by atoms with Crippen LogP contribution < -0.4 is 10.6 Å². The molecule has 12 heavy (non-hydrogen) atoms. The zero-order valence-corrected chi connectivity index (χ0v) is 8.06. The van der Waals surface area contributed by atoms with Crippen LogP contribution in [0.4, 0.5) is 0 Å². The van der Waals surface area contributed by atoms with Crippen molar-refractivity contribution in [1.82, 2.24) is 10.6 Å². The molecule has 1 rings (SSSR count). The Morgan fingerprint density at radius 3 is 2.83 bits per heavy atom. The van der Waals surface area contributed by atoms with Gasteiger partial charge in [-0.15, -0.1) is 0 Å². The van der Waals surface area contributed by atoms with E-state index in [4.69, 9.17) is 5.11 Å². The summed E-state index contributed by atoms with van der Waals surface area (Å²) in [5.74, 6) is 0.746. The first-order chi connectivity index (χ1) is 5.64. The van der Waals surface area contributed by atoms with Crippen LogP contribution in [-0.4, -0.2) is 36.9 Å². The minimum absolute atomic E-state index is 0.122. The predicted octanol–water partition coefficient (Wildman–Crippen LogP) is -0.0436. The van der Waals surface area contributed by atoms with Crippen molar-refractivity contribution in [3.63, 3.8) is 0 Å². The van der Waals surface area contributed by atoms with E-state index in [1.54, 1.807) is 0 Å². The maximum Gasteiger partial charge on any atom is 0.0607 e. The Kier molecular flexibility index (Phi) is 3.50. The predicted molar refractivity (Wildman–Crippen MR) is 50.1 cm³/mol. The number of aliphatic hydroxyl groups excluding tert-OH is 1. The summed E-state index contributed by atoms with van der Waals surface area (Å²) < 4.78 is 0. The number of nitrogens with one attached hydrogen (secondary N) is 2. The van der Waals surface area contributed by atoms with Crippen molar-refractivity contribution in [2.45, 2.75) is 25.8 Å². The first-order valence-electron chi connectivity index (χ1n) is 4.71. The molecule has 3 heteroatoms. The number of aliphatic hydroxyl groups is 1. The van der Waals surface area contributed by atoms with Gasteiger partial charge in [0.25, 0.3) is 0 Å². The summed E-state index contributed by atoms with van der Waals surface area (Å²) in [4.78, 5) is 0. The molecule has 1 atom stereocenters. The van der Waals surface area contributed by atoms with E-state index in [2.05, 4.69) is 10.6 Å². The second kappa shape index (κ2) is 4.21. The fourth-order valence-electron chi connectivity index (χ4n) is 1.37. The van der Waals surface area contributed by atoms with Crippen LogP contribution >= 0.6 is 0 Å². The second-order valence-electron chi connectivity index (χ2n) is 4.28. The quantitative estimate of drug-likeness (QED) is 0.557. The topological polar surface area (TPSA) is 44.3 Å². The average Bonchev–Trinajstić information content (AvgIpc) is 2.53. The summed E-state index contributed by atoms with van der Waals surface area (Å²) in [6.45, 7) is 7.53. The number of rotatable bonds is 4. The SMILES string of the molecule is CC(C)(CO)NC[C@H]1CCNC1. The second-order valence-corrected chi connectivity index (χ2v) is 4.28. The van der Waals surface area contributed by atoms with Crippen LogP contribution in [0.3, 0.4) is 0 Å². The van der Waals surface area contributed by atoms with E-state index in [1.807, 2.05) is 13.8 Å². The highest BCUT2D eigenvalue weighted by Gasteiger charge is 2.19. The van der Waals surface area contributed by atoms with E-state index < -0.39 is 0 Å². The van der Waals surface area contributed by atoms with Gasteiger partial charge in [-0.2, -0.15) is 0 Å². The molecule has 1 aliphatic rings. The Bertz CT molecular complexity index is 130. The van der Waals surface area contributed by atoms with Crippen molar-refractivity contribution in [2.24, 2.45) is 5.92 Å². The van der Waals surface area contributed by atoms with Crippen molar-refractivity contribution >= 4 is 0 Å². The molecule has 0 unspecified atom stereocenters. The lowest BCUT2D eigenvalue weighted by Gasteiger charge is -2.25. The largest absolute Gasteiger partial charge is 0.394 e. The third-order valence-corrected chi connectivity index (χ3v) is 2.43. The van der Waals surface area contributed by atoms with Crippen molar-refractivity contribution in [3.05, 3.63) is 0 Å². The highest BCUT2D eigenvalue weighted by Crippen LogP contribution is 2.08. The smallest absolute Gasteiger partial charge is 0.0607 e. The summed E-state index contributed by atoms with van der Waals surface area (Å²) >= 11 is 0. The average molecular weight is 172 g/mol. The van der Waals surface area contributed by atoms with Crippen LogP contribution in [0, 0.1) is 5.92 Å². The minimum atomic E-state index is -0.122. The fraction of sp³-hybridized carbons (Fsp3) is 1.00.